The number of Topliss-reactive ketones (excluding diaryl/α,β-unsaturated/α-hetero) is 2. The number of phenolic OH excluding ortho intramolecular Hbond substituents is 8. The molecule has 492 valence electrons. The standard InChI is InChI=1S/C30H36O3.C28H30O4.C26H30O3/c1-18-10-22(11-19(2)28(18)31)14-26-16-25(24-8-6-5-7-9-24)17-27(30(26)33)15-23-12-20(3)29(32)21(4)13-23;1-15-8-23(9-16(2)26(15)31)28(7,24-10-17(3)27(32)18(4)11-24)25-13-21(19(5)29)12-22(14-25)20(6)30;1-14-8-20(9-15(2)23(14)27)26(7,21-10-16(3)24(28)17(4)11-21)22-12-18(5)25(29)19(6)13-22/h10-13,16-17,24,31-33H,5-9,14-15H2,1-4H3;8-14,31-32H,1-7H3;8-13,27-29H,1-7H3. The Morgan fingerprint density at radius 1 is 0.309 bits per heavy atom. The smallest absolute Gasteiger partial charge is 0.159 e. The predicted molar refractivity (Wildman–Crippen MR) is 380 cm³/mol. The zero-order chi connectivity index (χ0) is 69.3. The number of ketones is 2. The van der Waals surface area contributed by atoms with Gasteiger partial charge in [-0.1, -0.05) is 116 Å². The monoisotopic (exact) mass is 1260 g/mol. The Balaban J connectivity index is 0.000000181. The molecule has 0 heterocycles. The molecule has 1 aliphatic rings. The van der Waals surface area contributed by atoms with Gasteiger partial charge in [-0.15, -0.1) is 0 Å². The molecule has 1 fully saturated rings. The van der Waals surface area contributed by atoms with Crippen LogP contribution in [0, 0.1) is 96.9 Å². The van der Waals surface area contributed by atoms with Crippen LogP contribution in [-0.4, -0.2) is 52.4 Å². The van der Waals surface area contributed by atoms with E-state index in [1.807, 2.05) is 201 Å². The molecule has 0 aliphatic heterocycles. The van der Waals surface area contributed by atoms with E-state index >= 15 is 0 Å². The molecule has 9 aromatic rings. The van der Waals surface area contributed by atoms with Crippen molar-refractivity contribution in [3.05, 3.63) is 265 Å². The van der Waals surface area contributed by atoms with E-state index < -0.39 is 10.8 Å². The highest BCUT2D eigenvalue weighted by Crippen LogP contribution is 2.47. The second kappa shape index (κ2) is 28.1. The Hall–Kier alpha value is -9.28. The highest BCUT2D eigenvalue weighted by Gasteiger charge is 2.36. The van der Waals surface area contributed by atoms with Crippen LogP contribution in [0.5, 0.6) is 46.0 Å². The Labute approximate surface area is 557 Å². The lowest BCUT2D eigenvalue weighted by Crippen LogP contribution is -2.27. The van der Waals surface area contributed by atoms with Gasteiger partial charge in [0.2, 0.25) is 0 Å². The van der Waals surface area contributed by atoms with Crippen molar-refractivity contribution in [1.82, 2.24) is 0 Å². The number of aryl methyl sites for hydroxylation is 14. The lowest BCUT2D eigenvalue weighted by Gasteiger charge is -2.34. The van der Waals surface area contributed by atoms with Gasteiger partial charge >= 0.3 is 0 Å². The fraction of sp³-hybridized carbons (Fsp3) is 0.333. The fourth-order valence-electron chi connectivity index (χ4n) is 14.0. The van der Waals surface area contributed by atoms with Crippen LogP contribution in [0.25, 0.3) is 0 Å². The third-order valence-corrected chi connectivity index (χ3v) is 19.9. The largest absolute Gasteiger partial charge is 0.507 e. The molecule has 10 heteroatoms. The number of carbonyl (C=O) groups is 2. The summed E-state index contributed by atoms with van der Waals surface area (Å²) >= 11 is 0. The number of rotatable bonds is 13. The van der Waals surface area contributed by atoms with Gasteiger partial charge in [0, 0.05) is 34.8 Å². The molecule has 10 nitrogen and oxygen atoms in total. The van der Waals surface area contributed by atoms with E-state index in [0.717, 1.165) is 134 Å². The van der Waals surface area contributed by atoms with Gasteiger partial charge in [-0.3, -0.25) is 9.59 Å². The maximum Gasteiger partial charge on any atom is 0.159 e. The molecule has 0 bridgehead atoms. The summed E-state index contributed by atoms with van der Waals surface area (Å²) in [5, 5.41) is 83.4. The Kier molecular flexibility index (Phi) is 21.1. The van der Waals surface area contributed by atoms with E-state index in [0.29, 0.717) is 64.4 Å². The molecule has 0 amide bonds. The van der Waals surface area contributed by atoms with E-state index in [1.54, 1.807) is 6.07 Å². The minimum atomic E-state index is -0.748. The number of hydrogen-bond acceptors (Lipinski definition) is 10. The van der Waals surface area contributed by atoms with Crippen LogP contribution in [0.4, 0.5) is 0 Å². The highest BCUT2D eigenvalue weighted by atomic mass is 16.3. The lowest BCUT2D eigenvalue weighted by molar-refractivity contribution is 0.101. The van der Waals surface area contributed by atoms with E-state index in [9.17, 15) is 50.4 Å². The van der Waals surface area contributed by atoms with Gasteiger partial charge in [-0.05, 0) is 301 Å². The van der Waals surface area contributed by atoms with Crippen molar-refractivity contribution in [3.8, 4) is 46.0 Å². The molecular formula is C84H96O10. The molecule has 9 aromatic carbocycles. The zero-order valence-corrected chi connectivity index (χ0v) is 58.4. The number of phenols is 8. The lowest BCUT2D eigenvalue weighted by atomic mass is 9.69. The van der Waals surface area contributed by atoms with Crippen molar-refractivity contribution in [1.29, 1.82) is 0 Å². The van der Waals surface area contributed by atoms with Crippen molar-refractivity contribution in [2.75, 3.05) is 0 Å². The fourth-order valence-corrected chi connectivity index (χ4v) is 14.0. The zero-order valence-electron chi connectivity index (χ0n) is 58.4. The molecule has 1 aliphatic carbocycles. The first-order chi connectivity index (χ1) is 44.0. The van der Waals surface area contributed by atoms with Crippen molar-refractivity contribution in [2.45, 2.75) is 186 Å². The van der Waals surface area contributed by atoms with Crippen molar-refractivity contribution >= 4 is 11.6 Å². The molecular weight excluding hydrogens is 1170 g/mol. The van der Waals surface area contributed by atoms with Gasteiger partial charge in [0.1, 0.15) is 46.0 Å². The maximum absolute atomic E-state index is 12.3. The Morgan fingerprint density at radius 2 is 0.521 bits per heavy atom. The van der Waals surface area contributed by atoms with Crippen LogP contribution < -0.4 is 0 Å². The molecule has 0 unspecified atom stereocenters. The topological polar surface area (TPSA) is 196 Å². The number of carbonyl (C=O) groups excluding carboxylic acids is 2. The molecule has 94 heavy (non-hydrogen) atoms. The molecule has 0 aromatic heterocycles. The minimum absolute atomic E-state index is 0.118. The summed E-state index contributed by atoms with van der Waals surface area (Å²) in [5.41, 5.74) is 22.3. The molecule has 0 spiro atoms. The third kappa shape index (κ3) is 14.6. The molecule has 0 saturated heterocycles. The second-order valence-corrected chi connectivity index (χ2v) is 27.5. The molecule has 8 N–H and O–H groups in total. The number of hydrogen-bond donors (Lipinski definition) is 8. The summed E-state index contributed by atoms with van der Waals surface area (Å²) in [6, 6.07) is 37.7. The molecule has 1 saturated carbocycles. The van der Waals surface area contributed by atoms with Crippen LogP contribution in [0.3, 0.4) is 0 Å². The highest BCUT2D eigenvalue weighted by molar-refractivity contribution is 6.00. The van der Waals surface area contributed by atoms with Gasteiger partial charge in [0.05, 0.1) is 0 Å². The summed E-state index contributed by atoms with van der Waals surface area (Å²) in [4.78, 5) is 24.6. The quantitative estimate of drug-likeness (QED) is 0.0406. The predicted octanol–water partition coefficient (Wildman–Crippen LogP) is 19.4. The van der Waals surface area contributed by atoms with E-state index in [4.69, 9.17) is 0 Å². The van der Waals surface area contributed by atoms with Gasteiger partial charge in [-0.2, -0.15) is 0 Å². The first kappa shape index (κ1) is 70.6. The van der Waals surface area contributed by atoms with Crippen molar-refractivity contribution in [3.63, 3.8) is 0 Å². The minimum Gasteiger partial charge on any atom is -0.507 e. The van der Waals surface area contributed by atoms with Crippen LogP contribution in [-0.2, 0) is 23.7 Å². The molecule has 10 rings (SSSR count). The SMILES string of the molecule is CC(=O)c1cc(C(C)=O)cc(C(C)(c2cc(C)c(O)c(C)c2)c2cc(C)c(O)c(C)c2)c1.Cc1cc(C(C)(c2cc(C)c(O)c(C)c2)c2cc(C)c(O)c(C)c2)cc(C)c1O.Cc1cc(Cc2cc(C3CCCCC3)cc(Cc3cc(C)c(O)c(C)c3)c2O)cc(C)c1O. The Bertz CT molecular complexity index is 3950. The van der Waals surface area contributed by atoms with Crippen LogP contribution in [0.1, 0.15) is 226 Å². The van der Waals surface area contributed by atoms with Crippen LogP contribution in [0.15, 0.2) is 115 Å². The van der Waals surface area contributed by atoms with Crippen LogP contribution in [0.2, 0.25) is 0 Å². The average Bonchev–Trinajstić information content (AvgIpc) is 0.751. The van der Waals surface area contributed by atoms with Gasteiger partial charge in [0.15, 0.2) is 11.6 Å². The summed E-state index contributed by atoms with van der Waals surface area (Å²) in [5.74, 6) is 2.79. The van der Waals surface area contributed by atoms with E-state index in [-0.39, 0.29) is 23.1 Å². The first-order valence-corrected chi connectivity index (χ1v) is 32.7. The summed E-state index contributed by atoms with van der Waals surface area (Å²) in [6.45, 7) is 33.7. The third-order valence-electron chi connectivity index (χ3n) is 19.9. The summed E-state index contributed by atoms with van der Waals surface area (Å²) in [7, 11) is 0. The van der Waals surface area contributed by atoms with Crippen molar-refractivity contribution < 1.29 is 50.4 Å². The second-order valence-electron chi connectivity index (χ2n) is 27.5. The average molecular weight is 1270 g/mol. The number of aromatic hydroxyl groups is 8. The van der Waals surface area contributed by atoms with E-state index in [2.05, 4.69) is 19.1 Å². The maximum atomic E-state index is 12.3. The van der Waals surface area contributed by atoms with Gasteiger partial charge < -0.3 is 40.9 Å². The van der Waals surface area contributed by atoms with Gasteiger partial charge in [-0.25, -0.2) is 0 Å². The van der Waals surface area contributed by atoms with Gasteiger partial charge in [0.25, 0.3) is 0 Å². The first-order valence-electron chi connectivity index (χ1n) is 32.7. The van der Waals surface area contributed by atoms with Crippen LogP contribution >= 0.6 is 0 Å². The molecule has 0 atom stereocenters. The normalized spacial score (nSPS) is 12.6. The van der Waals surface area contributed by atoms with E-state index in [1.165, 1.54) is 51.5 Å². The summed E-state index contributed by atoms with van der Waals surface area (Å²) < 4.78 is 0. The Morgan fingerprint density at radius 3 is 0.745 bits per heavy atom. The number of benzene rings is 9. The summed E-state index contributed by atoms with van der Waals surface area (Å²) in [6.07, 6.45) is 7.53. The molecule has 0 radical (unpaired) electrons. The van der Waals surface area contributed by atoms with Crippen molar-refractivity contribution in [2.24, 2.45) is 0 Å².